The number of carbonyl (C=O) groups is 3. The van der Waals surface area contributed by atoms with E-state index in [0.717, 1.165) is 19.3 Å². The Bertz CT molecular complexity index is 820. The van der Waals surface area contributed by atoms with Gasteiger partial charge in [-0.15, -0.1) is 0 Å². The van der Waals surface area contributed by atoms with Crippen LogP contribution in [0.4, 0.5) is 4.79 Å². The molecule has 0 heterocycles. The van der Waals surface area contributed by atoms with E-state index in [0.29, 0.717) is 5.56 Å². The van der Waals surface area contributed by atoms with Crippen molar-refractivity contribution >= 4 is 17.9 Å². The molecule has 0 bridgehead atoms. The van der Waals surface area contributed by atoms with Crippen LogP contribution in [0.25, 0.3) is 0 Å². The maximum Gasteiger partial charge on any atom is 0.408 e. The van der Waals surface area contributed by atoms with Crippen LogP contribution in [-0.4, -0.2) is 51.1 Å². The van der Waals surface area contributed by atoms with E-state index < -0.39 is 29.3 Å². The summed E-state index contributed by atoms with van der Waals surface area (Å²) in [6.07, 6.45) is 1.84. The van der Waals surface area contributed by atoms with Gasteiger partial charge in [-0.3, -0.25) is 9.59 Å². The van der Waals surface area contributed by atoms with Crippen molar-refractivity contribution in [2.24, 2.45) is 0 Å². The van der Waals surface area contributed by atoms with E-state index >= 15 is 0 Å². The predicted octanol–water partition coefficient (Wildman–Crippen LogP) is 3.64. The minimum atomic E-state index is -0.893. The summed E-state index contributed by atoms with van der Waals surface area (Å²) in [6.45, 7) is 12.5. The van der Waals surface area contributed by atoms with Gasteiger partial charge in [-0.25, -0.2) is 4.79 Å². The highest BCUT2D eigenvalue weighted by molar-refractivity contribution is 5.92. The van der Waals surface area contributed by atoms with E-state index in [9.17, 15) is 19.5 Å². The monoisotopic (exact) mass is 447 g/mol. The van der Waals surface area contributed by atoms with E-state index in [1.807, 2.05) is 20.8 Å². The molecule has 1 saturated carbocycles. The highest BCUT2D eigenvalue weighted by atomic mass is 16.6. The molecule has 1 fully saturated rings. The van der Waals surface area contributed by atoms with Crippen molar-refractivity contribution in [1.29, 1.82) is 0 Å². The Balaban J connectivity index is 2.37. The van der Waals surface area contributed by atoms with Gasteiger partial charge >= 0.3 is 6.09 Å². The summed E-state index contributed by atoms with van der Waals surface area (Å²) in [5.74, 6) is -0.596. The van der Waals surface area contributed by atoms with Gasteiger partial charge in [0.05, 0.1) is 0 Å². The lowest BCUT2D eigenvalue weighted by Gasteiger charge is -2.43. The third-order valence-electron chi connectivity index (χ3n) is 5.06. The molecular formula is C24H37N3O5. The van der Waals surface area contributed by atoms with Crippen LogP contribution in [0.1, 0.15) is 79.3 Å². The number of alkyl carbamates (subject to hydrolysis) is 1. The molecule has 2 atom stereocenters. The molecule has 0 spiro atoms. The molecule has 0 aliphatic heterocycles. The average Bonchev–Trinajstić information content (AvgIpc) is 2.57. The molecule has 0 aromatic heterocycles. The molecule has 1 aromatic carbocycles. The first-order valence-corrected chi connectivity index (χ1v) is 11.1. The molecule has 1 aliphatic rings. The molecule has 3 amide bonds. The number of phenolic OH excluding ortho intramolecular Hbond substituents is 1. The number of nitrogens with one attached hydrogen (secondary N) is 2. The Morgan fingerprint density at radius 1 is 1.06 bits per heavy atom. The van der Waals surface area contributed by atoms with Crippen LogP contribution in [0.2, 0.25) is 0 Å². The molecule has 2 unspecified atom stereocenters. The summed E-state index contributed by atoms with van der Waals surface area (Å²) in [4.78, 5) is 40.8. The summed E-state index contributed by atoms with van der Waals surface area (Å²) in [7, 11) is 0. The number of hydrogen-bond acceptors (Lipinski definition) is 5. The Kier molecular flexibility index (Phi) is 7.80. The third kappa shape index (κ3) is 7.14. The summed E-state index contributed by atoms with van der Waals surface area (Å²) in [6, 6.07) is 4.40. The second kappa shape index (κ2) is 9.79. The summed E-state index contributed by atoms with van der Waals surface area (Å²) >= 11 is 0. The number of ether oxygens (including phenoxy) is 1. The van der Waals surface area contributed by atoms with Crippen molar-refractivity contribution in [3.63, 3.8) is 0 Å². The minimum absolute atomic E-state index is 0.0743. The second-order valence-electron chi connectivity index (χ2n) is 10.4. The summed E-state index contributed by atoms with van der Waals surface area (Å²) < 4.78 is 5.28. The molecule has 2 rings (SSSR count). The van der Waals surface area contributed by atoms with Crippen LogP contribution in [0, 0.1) is 0 Å². The van der Waals surface area contributed by atoms with E-state index in [2.05, 4.69) is 10.6 Å². The highest BCUT2D eigenvalue weighted by Crippen LogP contribution is 2.34. The zero-order chi connectivity index (χ0) is 24.3. The van der Waals surface area contributed by atoms with Gasteiger partial charge in [0.15, 0.2) is 0 Å². The Hall–Kier alpha value is -2.77. The second-order valence-corrected chi connectivity index (χ2v) is 10.4. The Labute approximate surface area is 190 Å². The molecule has 1 aromatic rings. The molecule has 1 aliphatic carbocycles. The molecule has 32 heavy (non-hydrogen) atoms. The fraction of sp³-hybridized carbons (Fsp3) is 0.625. The van der Waals surface area contributed by atoms with Crippen LogP contribution in [0.15, 0.2) is 24.3 Å². The van der Waals surface area contributed by atoms with Crippen LogP contribution in [0.5, 0.6) is 5.75 Å². The van der Waals surface area contributed by atoms with Gasteiger partial charge in [0, 0.05) is 11.6 Å². The fourth-order valence-electron chi connectivity index (χ4n) is 3.49. The van der Waals surface area contributed by atoms with Crippen molar-refractivity contribution in [2.75, 3.05) is 0 Å². The number of carbonyl (C=O) groups excluding carboxylic acids is 3. The first-order chi connectivity index (χ1) is 14.7. The van der Waals surface area contributed by atoms with Crippen molar-refractivity contribution in [3.05, 3.63) is 29.8 Å². The molecular weight excluding hydrogens is 410 g/mol. The van der Waals surface area contributed by atoms with E-state index in [4.69, 9.17) is 4.74 Å². The Morgan fingerprint density at radius 2 is 1.62 bits per heavy atom. The van der Waals surface area contributed by atoms with E-state index in [1.165, 1.54) is 12.1 Å². The SMILES string of the molecule is CC(NC(=O)OC(C)(C)C)C(=O)N(C1CCC1)C(C(=O)NC(C)(C)C)c1ccc(O)cc1. The number of benzene rings is 1. The van der Waals surface area contributed by atoms with Crippen molar-refractivity contribution < 1.29 is 24.2 Å². The van der Waals surface area contributed by atoms with Crippen LogP contribution in [-0.2, 0) is 14.3 Å². The van der Waals surface area contributed by atoms with Crippen molar-refractivity contribution in [2.45, 2.75) is 97.0 Å². The zero-order valence-electron chi connectivity index (χ0n) is 20.2. The molecule has 0 saturated heterocycles. The number of amides is 3. The Morgan fingerprint density at radius 3 is 2.06 bits per heavy atom. The average molecular weight is 448 g/mol. The predicted molar refractivity (Wildman–Crippen MR) is 122 cm³/mol. The number of hydrogen-bond donors (Lipinski definition) is 3. The minimum Gasteiger partial charge on any atom is -0.508 e. The maximum atomic E-state index is 13.6. The third-order valence-corrected chi connectivity index (χ3v) is 5.06. The quantitative estimate of drug-likeness (QED) is 0.617. The molecule has 8 nitrogen and oxygen atoms in total. The largest absolute Gasteiger partial charge is 0.508 e. The lowest BCUT2D eigenvalue weighted by atomic mass is 9.88. The topological polar surface area (TPSA) is 108 Å². The zero-order valence-corrected chi connectivity index (χ0v) is 20.2. The van der Waals surface area contributed by atoms with Gasteiger partial charge in [0.2, 0.25) is 11.8 Å². The van der Waals surface area contributed by atoms with Gasteiger partial charge in [-0.05, 0) is 85.4 Å². The summed E-state index contributed by atoms with van der Waals surface area (Å²) in [5, 5.41) is 15.3. The number of nitrogens with zero attached hydrogens (tertiary/aromatic N) is 1. The van der Waals surface area contributed by atoms with Crippen LogP contribution < -0.4 is 10.6 Å². The first kappa shape index (κ1) is 25.5. The first-order valence-electron chi connectivity index (χ1n) is 11.1. The van der Waals surface area contributed by atoms with E-state index in [-0.39, 0.29) is 23.6 Å². The van der Waals surface area contributed by atoms with Crippen molar-refractivity contribution in [1.82, 2.24) is 15.5 Å². The molecule has 178 valence electrons. The van der Waals surface area contributed by atoms with Crippen molar-refractivity contribution in [3.8, 4) is 5.75 Å². The standard InChI is InChI=1S/C24H37N3O5/c1-15(25-22(31)32-24(5,6)7)21(30)27(17-9-8-10-17)19(20(29)26-23(2,3)4)16-11-13-18(28)14-12-16/h11-15,17,19,28H,8-10H2,1-7H3,(H,25,31)(H,26,29). The lowest BCUT2D eigenvalue weighted by molar-refractivity contribution is -0.147. The number of rotatable bonds is 6. The van der Waals surface area contributed by atoms with Crippen LogP contribution >= 0.6 is 0 Å². The maximum absolute atomic E-state index is 13.6. The number of phenols is 1. The highest BCUT2D eigenvalue weighted by Gasteiger charge is 2.41. The molecule has 0 radical (unpaired) electrons. The van der Waals surface area contributed by atoms with E-state index in [1.54, 1.807) is 44.7 Å². The van der Waals surface area contributed by atoms with Gasteiger partial charge in [-0.2, -0.15) is 0 Å². The molecule has 8 heteroatoms. The van der Waals surface area contributed by atoms with Gasteiger partial charge in [0.25, 0.3) is 0 Å². The smallest absolute Gasteiger partial charge is 0.408 e. The van der Waals surface area contributed by atoms with Gasteiger partial charge < -0.3 is 25.4 Å². The van der Waals surface area contributed by atoms with Crippen LogP contribution in [0.3, 0.4) is 0 Å². The normalized spacial score (nSPS) is 16.3. The van der Waals surface area contributed by atoms with Gasteiger partial charge in [0.1, 0.15) is 23.4 Å². The lowest BCUT2D eigenvalue weighted by Crippen LogP contribution is -2.58. The molecule has 3 N–H and O–H groups in total. The number of aromatic hydroxyl groups is 1. The fourth-order valence-corrected chi connectivity index (χ4v) is 3.49. The van der Waals surface area contributed by atoms with Gasteiger partial charge in [-0.1, -0.05) is 12.1 Å². The summed E-state index contributed by atoms with van der Waals surface area (Å²) in [5.41, 5.74) is -0.600.